The minimum absolute atomic E-state index is 0.395. The largest absolute Gasteiger partial charge is 0.369 e. The van der Waals surface area contributed by atoms with Crippen molar-refractivity contribution in [3.63, 3.8) is 0 Å². The highest BCUT2D eigenvalue weighted by atomic mass is 35.5. The van der Waals surface area contributed by atoms with Crippen molar-refractivity contribution in [2.45, 2.75) is 12.3 Å². The second kappa shape index (κ2) is 6.09. The maximum absolute atomic E-state index is 11.7. The van der Waals surface area contributed by atoms with Crippen molar-refractivity contribution in [1.82, 2.24) is 0 Å². The standard InChI is InChI=1S/C15H13Cl2NO/c16-11-6-7-12(14(17)9-11)13(15(18)19)8-10-4-2-1-3-5-10/h1-7,9,13H,8H2,(H2,18,19)/t13-/m1/s1. The number of carbonyl (C=O) groups excluding carboxylic acids is 1. The number of benzene rings is 2. The maximum Gasteiger partial charge on any atom is 0.225 e. The lowest BCUT2D eigenvalue weighted by Crippen LogP contribution is -2.23. The van der Waals surface area contributed by atoms with Gasteiger partial charge in [-0.2, -0.15) is 0 Å². The van der Waals surface area contributed by atoms with Crippen LogP contribution in [-0.4, -0.2) is 5.91 Å². The Morgan fingerprint density at radius 2 is 1.79 bits per heavy atom. The normalized spacial score (nSPS) is 12.1. The number of halogens is 2. The fourth-order valence-electron chi connectivity index (χ4n) is 2.00. The number of primary amides is 1. The molecule has 0 unspecified atom stereocenters. The smallest absolute Gasteiger partial charge is 0.225 e. The van der Waals surface area contributed by atoms with Crippen LogP contribution < -0.4 is 5.73 Å². The Labute approximate surface area is 122 Å². The predicted molar refractivity (Wildman–Crippen MR) is 78.5 cm³/mol. The Kier molecular flexibility index (Phi) is 4.46. The summed E-state index contributed by atoms with van der Waals surface area (Å²) in [6, 6.07) is 14.8. The van der Waals surface area contributed by atoms with Gasteiger partial charge < -0.3 is 5.73 Å². The van der Waals surface area contributed by atoms with Crippen molar-refractivity contribution in [1.29, 1.82) is 0 Å². The third-order valence-electron chi connectivity index (χ3n) is 2.96. The summed E-state index contributed by atoms with van der Waals surface area (Å²) in [7, 11) is 0. The van der Waals surface area contributed by atoms with Gasteiger partial charge in [0.1, 0.15) is 0 Å². The molecule has 98 valence electrons. The van der Waals surface area contributed by atoms with Gasteiger partial charge in [-0.1, -0.05) is 59.6 Å². The van der Waals surface area contributed by atoms with E-state index in [1.807, 2.05) is 30.3 Å². The second-order valence-electron chi connectivity index (χ2n) is 4.31. The van der Waals surface area contributed by atoms with Crippen LogP contribution in [0, 0.1) is 0 Å². The summed E-state index contributed by atoms with van der Waals surface area (Å²) in [5.74, 6) is -0.847. The van der Waals surface area contributed by atoms with E-state index >= 15 is 0 Å². The Bertz CT molecular complexity index is 584. The third kappa shape index (κ3) is 3.49. The monoisotopic (exact) mass is 293 g/mol. The van der Waals surface area contributed by atoms with E-state index in [0.717, 1.165) is 5.56 Å². The van der Waals surface area contributed by atoms with Crippen LogP contribution in [-0.2, 0) is 11.2 Å². The van der Waals surface area contributed by atoms with Gasteiger partial charge >= 0.3 is 0 Å². The van der Waals surface area contributed by atoms with Gasteiger partial charge in [-0.05, 0) is 29.7 Å². The van der Waals surface area contributed by atoms with Gasteiger partial charge in [0.05, 0.1) is 5.92 Å². The van der Waals surface area contributed by atoms with Crippen molar-refractivity contribution in [2.24, 2.45) is 5.73 Å². The summed E-state index contributed by atoms with van der Waals surface area (Å²) in [6.07, 6.45) is 0.525. The molecule has 2 N–H and O–H groups in total. The molecule has 1 atom stereocenters. The van der Waals surface area contributed by atoms with Crippen molar-refractivity contribution < 1.29 is 4.79 Å². The number of hydrogen-bond donors (Lipinski definition) is 1. The molecule has 0 bridgehead atoms. The molecule has 2 rings (SSSR count). The SMILES string of the molecule is NC(=O)[C@H](Cc1ccccc1)c1ccc(Cl)cc1Cl. The molecule has 1 amide bonds. The summed E-state index contributed by atoms with van der Waals surface area (Å²) in [5, 5.41) is 1.00. The van der Waals surface area contributed by atoms with E-state index in [-0.39, 0.29) is 0 Å². The maximum atomic E-state index is 11.7. The van der Waals surface area contributed by atoms with Gasteiger partial charge in [-0.3, -0.25) is 4.79 Å². The molecule has 2 aromatic carbocycles. The Morgan fingerprint density at radius 1 is 1.11 bits per heavy atom. The van der Waals surface area contributed by atoms with Crippen LogP contribution in [0.3, 0.4) is 0 Å². The van der Waals surface area contributed by atoms with Crippen LogP contribution >= 0.6 is 23.2 Å². The molecule has 0 aliphatic carbocycles. The van der Waals surface area contributed by atoms with E-state index in [1.165, 1.54) is 0 Å². The molecule has 0 heterocycles. The van der Waals surface area contributed by atoms with Crippen LogP contribution in [0.4, 0.5) is 0 Å². The van der Waals surface area contributed by atoms with Crippen molar-refractivity contribution in [2.75, 3.05) is 0 Å². The first kappa shape index (κ1) is 13.9. The van der Waals surface area contributed by atoms with Gasteiger partial charge in [-0.25, -0.2) is 0 Å². The molecular formula is C15H13Cl2NO. The van der Waals surface area contributed by atoms with Crippen molar-refractivity contribution in [3.8, 4) is 0 Å². The molecule has 0 fully saturated rings. The molecule has 0 saturated heterocycles. The van der Waals surface area contributed by atoms with Gasteiger partial charge in [-0.15, -0.1) is 0 Å². The summed E-state index contributed by atoms with van der Waals surface area (Å²) in [6.45, 7) is 0. The quantitative estimate of drug-likeness (QED) is 0.915. The number of carbonyl (C=O) groups is 1. The highest BCUT2D eigenvalue weighted by Gasteiger charge is 2.21. The van der Waals surface area contributed by atoms with Gasteiger partial charge in [0, 0.05) is 10.0 Å². The zero-order chi connectivity index (χ0) is 13.8. The van der Waals surface area contributed by atoms with Crippen LogP contribution in [0.25, 0.3) is 0 Å². The van der Waals surface area contributed by atoms with Crippen LogP contribution in [0.15, 0.2) is 48.5 Å². The zero-order valence-electron chi connectivity index (χ0n) is 10.1. The number of rotatable bonds is 4. The lowest BCUT2D eigenvalue weighted by molar-refractivity contribution is -0.119. The average Bonchev–Trinajstić information content (AvgIpc) is 2.38. The molecule has 0 aliphatic heterocycles. The summed E-state index contributed by atoms with van der Waals surface area (Å²) >= 11 is 12.0. The Hall–Kier alpha value is -1.51. The topological polar surface area (TPSA) is 43.1 Å². The van der Waals surface area contributed by atoms with Gasteiger partial charge in [0.15, 0.2) is 0 Å². The van der Waals surface area contributed by atoms with Crippen LogP contribution in [0.2, 0.25) is 10.0 Å². The first-order chi connectivity index (χ1) is 9.08. The molecule has 19 heavy (non-hydrogen) atoms. The first-order valence-electron chi connectivity index (χ1n) is 5.86. The van der Waals surface area contributed by atoms with E-state index < -0.39 is 11.8 Å². The van der Waals surface area contributed by atoms with E-state index in [1.54, 1.807) is 18.2 Å². The van der Waals surface area contributed by atoms with E-state index in [2.05, 4.69) is 0 Å². The lowest BCUT2D eigenvalue weighted by atomic mass is 9.91. The Morgan fingerprint density at radius 3 is 2.37 bits per heavy atom. The Balaban J connectivity index is 2.33. The fourth-order valence-corrected chi connectivity index (χ4v) is 2.54. The van der Waals surface area contributed by atoms with Crippen LogP contribution in [0.1, 0.15) is 17.0 Å². The first-order valence-corrected chi connectivity index (χ1v) is 6.61. The van der Waals surface area contributed by atoms with Gasteiger partial charge in [0.25, 0.3) is 0 Å². The van der Waals surface area contributed by atoms with Crippen LogP contribution in [0.5, 0.6) is 0 Å². The second-order valence-corrected chi connectivity index (χ2v) is 5.15. The highest BCUT2D eigenvalue weighted by Crippen LogP contribution is 2.29. The van der Waals surface area contributed by atoms with Gasteiger partial charge in [0.2, 0.25) is 5.91 Å². The summed E-state index contributed by atoms with van der Waals surface area (Å²) < 4.78 is 0. The van der Waals surface area contributed by atoms with E-state index in [9.17, 15) is 4.79 Å². The molecule has 2 nitrogen and oxygen atoms in total. The van der Waals surface area contributed by atoms with E-state index in [4.69, 9.17) is 28.9 Å². The summed E-state index contributed by atoms with van der Waals surface area (Å²) in [5.41, 5.74) is 7.24. The van der Waals surface area contributed by atoms with E-state index in [0.29, 0.717) is 22.0 Å². The number of hydrogen-bond acceptors (Lipinski definition) is 1. The van der Waals surface area contributed by atoms with Crippen molar-refractivity contribution >= 4 is 29.1 Å². The molecule has 2 aromatic rings. The average molecular weight is 294 g/mol. The van der Waals surface area contributed by atoms with Crippen molar-refractivity contribution in [3.05, 3.63) is 69.7 Å². The molecule has 0 radical (unpaired) electrons. The molecule has 0 saturated carbocycles. The zero-order valence-corrected chi connectivity index (χ0v) is 11.7. The molecule has 0 spiro atoms. The molecule has 0 aromatic heterocycles. The minimum atomic E-state index is -0.452. The predicted octanol–water partition coefficient (Wildman–Crippen LogP) is 3.81. The number of nitrogens with two attached hydrogens (primary N) is 1. The number of amides is 1. The minimum Gasteiger partial charge on any atom is -0.369 e. The summed E-state index contributed by atoms with van der Waals surface area (Å²) in [4.78, 5) is 11.7. The lowest BCUT2D eigenvalue weighted by Gasteiger charge is -2.15. The fraction of sp³-hybridized carbons (Fsp3) is 0.133. The third-order valence-corrected chi connectivity index (χ3v) is 3.53. The molecular weight excluding hydrogens is 281 g/mol. The molecule has 4 heteroatoms. The molecule has 0 aliphatic rings. The highest BCUT2D eigenvalue weighted by molar-refractivity contribution is 6.35.